The first-order valence-corrected chi connectivity index (χ1v) is 18.8. The number of hydrogen-bond acceptors (Lipinski definition) is 9. The zero-order chi connectivity index (χ0) is 35.3. The van der Waals surface area contributed by atoms with Crippen LogP contribution in [-0.2, 0) is 20.2 Å². The van der Waals surface area contributed by atoms with Crippen molar-refractivity contribution in [2.45, 2.75) is 89.6 Å². The van der Waals surface area contributed by atoms with Crippen LogP contribution in [0.2, 0.25) is 0 Å². The van der Waals surface area contributed by atoms with Gasteiger partial charge in [0.1, 0.15) is 18.3 Å². The monoisotopic (exact) mass is 694 g/mol. The number of carbonyl (C=O) groups excluding carboxylic acids is 2. The van der Waals surface area contributed by atoms with E-state index in [1.807, 2.05) is 20.8 Å². The van der Waals surface area contributed by atoms with Crippen LogP contribution in [0.1, 0.15) is 81.6 Å². The molecule has 15 heteroatoms. The summed E-state index contributed by atoms with van der Waals surface area (Å²) in [5, 5.41) is 10.1. The Kier molecular flexibility index (Phi) is 11.8. The van der Waals surface area contributed by atoms with Crippen LogP contribution in [0.4, 0.5) is 23.9 Å². The quantitative estimate of drug-likeness (QED) is 0.0874. The van der Waals surface area contributed by atoms with E-state index in [9.17, 15) is 27.3 Å². The molecule has 0 radical (unpaired) electrons. The molecule has 48 heavy (non-hydrogen) atoms. The predicted molar refractivity (Wildman–Crippen MR) is 181 cm³/mol. The predicted octanol–water partition coefficient (Wildman–Crippen LogP) is 6.69. The van der Waals surface area contributed by atoms with Gasteiger partial charge in [-0.2, -0.15) is 13.2 Å². The Morgan fingerprint density at radius 2 is 1.73 bits per heavy atom. The molecular formula is C33H46F3N6O5P. The van der Waals surface area contributed by atoms with Crippen molar-refractivity contribution in [1.29, 1.82) is 0 Å². The van der Waals surface area contributed by atoms with Crippen LogP contribution in [0, 0.1) is 0 Å². The molecule has 1 saturated carbocycles. The fraction of sp³-hybridized carbons (Fsp3) is 0.576. The van der Waals surface area contributed by atoms with Crippen molar-refractivity contribution < 1.29 is 36.8 Å². The van der Waals surface area contributed by atoms with Gasteiger partial charge in [0.2, 0.25) is 5.95 Å². The third kappa shape index (κ3) is 9.72. The standard InChI is InChI=1S/C33H46F3N6O5P/c1-32(2,3)47-31(44)38-16-10-8-7-9-15-37-20-11-12-21(17-20)41-30-40-19-25(33(34,35)36)26(42-30)24-18-39-27-22(24)13-14-23(29(43)46-4)28(27)48(5,6)45/h13-14,18-21,37,39H,7-12,15-17H2,1-6H3,(H,38,44)(H,40,41,42)/t20-,21-/m0/s1. The second-order valence-electron chi connectivity index (χ2n) is 13.5. The van der Waals surface area contributed by atoms with Crippen molar-refractivity contribution in [3.05, 3.63) is 35.7 Å². The zero-order valence-electron chi connectivity index (χ0n) is 28.3. The number of alkyl halides is 3. The number of aromatic nitrogens is 3. The van der Waals surface area contributed by atoms with Crippen molar-refractivity contribution in [1.82, 2.24) is 25.6 Å². The molecule has 2 heterocycles. The molecule has 0 bridgehead atoms. The Hall–Kier alpha value is -3.64. The van der Waals surface area contributed by atoms with E-state index in [1.54, 1.807) is 0 Å². The minimum absolute atomic E-state index is 0.0192. The molecule has 1 aliphatic rings. The smallest absolute Gasteiger partial charge is 0.419 e. The minimum Gasteiger partial charge on any atom is -0.465 e. The molecule has 2 atom stereocenters. The summed E-state index contributed by atoms with van der Waals surface area (Å²) in [5.74, 6) is -0.605. The third-order valence-corrected chi connectivity index (χ3v) is 9.63. The van der Waals surface area contributed by atoms with Gasteiger partial charge >= 0.3 is 18.2 Å². The number of alkyl carbamates (subject to hydrolysis) is 1. The first kappa shape index (κ1) is 37.2. The lowest BCUT2D eigenvalue weighted by Crippen LogP contribution is -2.33. The summed E-state index contributed by atoms with van der Waals surface area (Å²) in [7, 11) is -1.87. The van der Waals surface area contributed by atoms with E-state index >= 15 is 0 Å². The maximum atomic E-state index is 14.2. The van der Waals surface area contributed by atoms with Gasteiger partial charge in [0.15, 0.2) is 0 Å². The van der Waals surface area contributed by atoms with Gasteiger partial charge in [-0.1, -0.05) is 18.9 Å². The number of methoxy groups -OCH3 is 1. The van der Waals surface area contributed by atoms with Gasteiger partial charge in [0.25, 0.3) is 0 Å². The average Bonchev–Trinajstić information content (AvgIpc) is 3.62. The van der Waals surface area contributed by atoms with E-state index in [1.165, 1.54) is 38.8 Å². The molecule has 1 fully saturated rings. The van der Waals surface area contributed by atoms with Crippen molar-refractivity contribution in [3.63, 3.8) is 0 Å². The number of amides is 1. The van der Waals surface area contributed by atoms with Crippen LogP contribution >= 0.6 is 7.14 Å². The number of H-pyrrole nitrogens is 1. The Balaban J connectivity index is 1.38. The number of ether oxygens (including phenoxy) is 2. The molecule has 11 nitrogen and oxygen atoms in total. The summed E-state index contributed by atoms with van der Waals surface area (Å²) in [6.45, 7) is 9.87. The lowest BCUT2D eigenvalue weighted by Gasteiger charge is -2.19. The van der Waals surface area contributed by atoms with Gasteiger partial charge < -0.3 is 35.0 Å². The largest absolute Gasteiger partial charge is 0.465 e. The molecule has 4 rings (SSSR count). The van der Waals surface area contributed by atoms with Crippen molar-refractivity contribution in [3.8, 4) is 11.3 Å². The fourth-order valence-corrected chi connectivity index (χ4v) is 7.44. The second-order valence-corrected chi connectivity index (χ2v) is 16.7. The summed E-state index contributed by atoms with van der Waals surface area (Å²) in [6.07, 6.45) is 3.40. The Morgan fingerprint density at radius 1 is 1.04 bits per heavy atom. The van der Waals surface area contributed by atoms with Crippen LogP contribution in [0.25, 0.3) is 22.2 Å². The number of hydrogen-bond donors (Lipinski definition) is 4. The van der Waals surface area contributed by atoms with E-state index in [-0.39, 0.29) is 40.2 Å². The highest BCUT2D eigenvalue weighted by atomic mass is 31.2. The molecule has 3 aromatic rings. The summed E-state index contributed by atoms with van der Waals surface area (Å²) in [6, 6.07) is 3.18. The van der Waals surface area contributed by atoms with Crippen LogP contribution in [0.15, 0.2) is 24.5 Å². The summed E-state index contributed by atoms with van der Waals surface area (Å²) in [4.78, 5) is 35.5. The van der Waals surface area contributed by atoms with Crippen LogP contribution in [0.5, 0.6) is 0 Å². The number of aromatic amines is 1. The lowest BCUT2D eigenvalue weighted by atomic mass is 10.0. The van der Waals surface area contributed by atoms with E-state index in [0.29, 0.717) is 17.4 Å². The lowest BCUT2D eigenvalue weighted by molar-refractivity contribution is -0.137. The normalized spacial score (nSPS) is 17.0. The summed E-state index contributed by atoms with van der Waals surface area (Å²) in [5.41, 5.74) is -1.30. The maximum absolute atomic E-state index is 14.2. The molecule has 0 unspecified atom stereocenters. The number of nitrogens with one attached hydrogen (secondary N) is 4. The number of nitrogens with zero attached hydrogens (tertiary/aromatic N) is 2. The van der Waals surface area contributed by atoms with Gasteiger partial charge in [-0.25, -0.2) is 19.6 Å². The highest BCUT2D eigenvalue weighted by Crippen LogP contribution is 2.43. The molecule has 1 amide bonds. The fourth-order valence-electron chi connectivity index (χ4n) is 5.97. The molecule has 0 aliphatic heterocycles. The van der Waals surface area contributed by atoms with Gasteiger partial charge in [0, 0.05) is 47.3 Å². The third-order valence-electron chi connectivity index (χ3n) is 8.09. The molecule has 1 aliphatic carbocycles. The number of benzene rings is 1. The number of esters is 1. The molecule has 264 valence electrons. The number of unbranched alkanes of at least 4 members (excludes halogenated alkanes) is 3. The van der Waals surface area contributed by atoms with E-state index in [0.717, 1.165) is 57.7 Å². The Labute approximate surface area is 278 Å². The average molecular weight is 695 g/mol. The maximum Gasteiger partial charge on any atom is 0.419 e. The van der Waals surface area contributed by atoms with E-state index in [4.69, 9.17) is 9.47 Å². The highest BCUT2D eigenvalue weighted by Gasteiger charge is 2.37. The van der Waals surface area contributed by atoms with E-state index < -0.39 is 36.5 Å². The van der Waals surface area contributed by atoms with Crippen molar-refractivity contribution in [2.24, 2.45) is 0 Å². The van der Waals surface area contributed by atoms with Crippen LogP contribution < -0.4 is 21.3 Å². The Bertz CT molecular complexity index is 1650. The van der Waals surface area contributed by atoms with Gasteiger partial charge in [-0.05, 0) is 78.8 Å². The molecular weight excluding hydrogens is 648 g/mol. The molecule has 2 aromatic heterocycles. The van der Waals surface area contributed by atoms with Crippen molar-refractivity contribution in [2.75, 3.05) is 38.8 Å². The number of halogens is 3. The number of rotatable bonds is 13. The molecule has 0 spiro atoms. The van der Waals surface area contributed by atoms with E-state index in [2.05, 4.69) is 30.9 Å². The van der Waals surface area contributed by atoms with Gasteiger partial charge in [-0.3, -0.25) is 0 Å². The first-order valence-electron chi connectivity index (χ1n) is 16.2. The number of fused-ring (bicyclic) bond motifs is 1. The molecule has 4 N–H and O–H groups in total. The minimum atomic E-state index is -4.73. The zero-order valence-corrected chi connectivity index (χ0v) is 29.2. The Morgan fingerprint density at radius 3 is 2.38 bits per heavy atom. The SMILES string of the molecule is COC(=O)c1ccc2c(-c3nc(N[C@H]4CC[C@H](NCCCCCCNC(=O)OC(C)(C)C)C4)ncc3C(F)(F)F)c[nH]c2c1P(C)(C)=O. The molecule has 0 saturated heterocycles. The van der Waals surface area contributed by atoms with Crippen LogP contribution in [0.3, 0.4) is 0 Å². The first-order chi connectivity index (χ1) is 22.5. The van der Waals surface area contributed by atoms with Crippen molar-refractivity contribution >= 4 is 41.4 Å². The molecule has 1 aromatic carbocycles. The number of anilines is 1. The number of carbonyl (C=O) groups is 2. The van der Waals surface area contributed by atoms with Crippen LogP contribution in [-0.4, -0.2) is 78.2 Å². The second kappa shape index (κ2) is 15.3. The summed E-state index contributed by atoms with van der Waals surface area (Å²) >= 11 is 0. The summed E-state index contributed by atoms with van der Waals surface area (Å²) < 4.78 is 65.9. The van der Waals surface area contributed by atoms with Gasteiger partial charge in [-0.15, -0.1) is 0 Å². The topological polar surface area (TPSA) is 147 Å². The highest BCUT2D eigenvalue weighted by molar-refractivity contribution is 7.70. The van der Waals surface area contributed by atoms with Gasteiger partial charge in [0.05, 0.1) is 23.9 Å².